The molecule has 1 amide bonds. The summed E-state index contributed by atoms with van der Waals surface area (Å²) in [6.45, 7) is 0. The molecule has 1 heterocycles. The molecule has 3 aromatic carbocycles. The molecule has 0 saturated carbocycles. The monoisotopic (exact) mass is 482 g/mol. The largest absolute Gasteiger partial charge is 0.478 e. The van der Waals surface area contributed by atoms with E-state index in [9.17, 15) is 19.2 Å². The molecule has 0 spiro atoms. The fourth-order valence-corrected chi connectivity index (χ4v) is 3.08. The number of nitrogens with zero attached hydrogens (tertiary/aromatic N) is 1. The van der Waals surface area contributed by atoms with E-state index >= 15 is 0 Å². The fourth-order valence-electron chi connectivity index (χ4n) is 3.08. The van der Waals surface area contributed by atoms with Crippen LogP contribution in [0.25, 0.3) is 0 Å². The number of aromatic nitrogens is 1. The predicted molar refractivity (Wildman–Crippen MR) is 128 cm³/mol. The molecule has 0 aliphatic carbocycles. The zero-order valence-corrected chi connectivity index (χ0v) is 18.6. The normalized spacial score (nSPS) is 10.2. The number of carbonyl (C=O) groups is 4. The number of aromatic carboxylic acids is 1. The number of nitrogens with one attached hydrogen (secondary N) is 1. The Balaban J connectivity index is 1.61. The molecule has 9 heteroatoms. The summed E-state index contributed by atoms with van der Waals surface area (Å²) < 4.78 is 10.8. The first-order valence-electron chi connectivity index (χ1n) is 10.6. The summed E-state index contributed by atoms with van der Waals surface area (Å²) in [5.41, 5.74) is 0.544. The van der Waals surface area contributed by atoms with E-state index in [1.165, 1.54) is 30.3 Å². The number of ether oxygens (including phenoxy) is 2. The Bertz CT molecular complexity index is 1350. The van der Waals surface area contributed by atoms with Gasteiger partial charge in [0, 0.05) is 17.8 Å². The van der Waals surface area contributed by atoms with Crippen LogP contribution < -0.4 is 14.8 Å². The highest BCUT2D eigenvalue weighted by molar-refractivity contribution is 6.05. The zero-order chi connectivity index (χ0) is 25.5. The number of anilines is 1. The molecule has 0 aliphatic heterocycles. The van der Waals surface area contributed by atoms with Crippen molar-refractivity contribution in [3.8, 4) is 11.5 Å². The van der Waals surface area contributed by atoms with Gasteiger partial charge in [-0.1, -0.05) is 36.4 Å². The lowest BCUT2D eigenvalue weighted by molar-refractivity contribution is 0.0691. The molecular formula is C27H18N2O7. The highest BCUT2D eigenvalue weighted by Crippen LogP contribution is 2.25. The minimum absolute atomic E-state index is 0.00772. The number of hydrogen-bond acceptors (Lipinski definition) is 7. The number of carbonyl (C=O) groups excluding carboxylic acids is 3. The van der Waals surface area contributed by atoms with Crippen LogP contribution >= 0.6 is 0 Å². The van der Waals surface area contributed by atoms with E-state index in [1.54, 1.807) is 60.7 Å². The topological polar surface area (TPSA) is 132 Å². The second-order valence-electron chi connectivity index (χ2n) is 7.40. The molecule has 0 bridgehead atoms. The van der Waals surface area contributed by atoms with Gasteiger partial charge in [-0.3, -0.25) is 4.79 Å². The molecule has 4 rings (SSSR count). The molecule has 0 fully saturated rings. The Kier molecular flexibility index (Phi) is 7.11. The van der Waals surface area contributed by atoms with Gasteiger partial charge in [-0.05, 0) is 48.5 Å². The van der Waals surface area contributed by atoms with E-state index in [0.717, 1.165) is 6.20 Å². The molecule has 178 valence electrons. The van der Waals surface area contributed by atoms with Gasteiger partial charge < -0.3 is 19.9 Å². The van der Waals surface area contributed by atoms with Crippen LogP contribution in [-0.4, -0.2) is 33.9 Å². The molecule has 0 radical (unpaired) electrons. The van der Waals surface area contributed by atoms with E-state index in [4.69, 9.17) is 14.6 Å². The molecule has 9 nitrogen and oxygen atoms in total. The van der Waals surface area contributed by atoms with Crippen molar-refractivity contribution >= 4 is 29.6 Å². The average Bonchev–Trinajstić information content (AvgIpc) is 2.89. The summed E-state index contributed by atoms with van der Waals surface area (Å²) in [6.07, 6.45) is 1.10. The zero-order valence-electron chi connectivity index (χ0n) is 18.6. The van der Waals surface area contributed by atoms with Gasteiger partial charge in [0.1, 0.15) is 17.3 Å². The number of carboxylic acids is 1. The van der Waals surface area contributed by atoms with Crippen molar-refractivity contribution in [1.82, 2.24) is 4.98 Å². The van der Waals surface area contributed by atoms with Gasteiger partial charge in [-0.25, -0.2) is 19.4 Å². The number of esters is 2. The van der Waals surface area contributed by atoms with Crippen molar-refractivity contribution in [2.75, 3.05) is 5.32 Å². The van der Waals surface area contributed by atoms with E-state index < -0.39 is 23.8 Å². The average molecular weight is 482 g/mol. The number of carboxylic acid groups (broad SMARTS) is 1. The Morgan fingerprint density at radius 2 is 1.17 bits per heavy atom. The van der Waals surface area contributed by atoms with Crippen molar-refractivity contribution < 1.29 is 33.8 Å². The molecule has 36 heavy (non-hydrogen) atoms. The first-order chi connectivity index (χ1) is 17.4. The van der Waals surface area contributed by atoms with Crippen molar-refractivity contribution in [3.63, 3.8) is 0 Å². The van der Waals surface area contributed by atoms with E-state index in [2.05, 4.69) is 10.3 Å². The van der Waals surface area contributed by atoms with Crippen LogP contribution in [0.15, 0.2) is 97.2 Å². The summed E-state index contributed by atoms with van der Waals surface area (Å²) in [6, 6.07) is 23.0. The van der Waals surface area contributed by atoms with Crippen molar-refractivity contribution in [1.29, 1.82) is 0 Å². The number of amides is 1. The highest BCUT2D eigenvalue weighted by Gasteiger charge is 2.17. The lowest BCUT2D eigenvalue weighted by atomic mass is 10.1. The summed E-state index contributed by atoms with van der Waals surface area (Å²) in [5, 5.41) is 11.5. The summed E-state index contributed by atoms with van der Waals surface area (Å²) in [7, 11) is 0. The van der Waals surface area contributed by atoms with Crippen LogP contribution in [0.1, 0.15) is 41.4 Å². The van der Waals surface area contributed by atoms with E-state index in [0.29, 0.717) is 0 Å². The Labute approximate surface area is 204 Å². The van der Waals surface area contributed by atoms with Crippen LogP contribution in [0.3, 0.4) is 0 Å². The third-order valence-electron chi connectivity index (χ3n) is 4.83. The van der Waals surface area contributed by atoms with Crippen LogP contribution in [0, 0.1) is 0 Å². The van der Waals surface area contributed by atoms with Crippen molar-refractivity contribution in [2.45, 2.75) is 0 Å². The lowest BCUT2D eigenvalue weighted by Crippen LogP contribution is -2.15. The molecule has 0 aliphatic rings. The minimum atomic E-state index is -1.15. The van der Waals surface area contributed by atoms with Gasteiger partial charge >= 0.3 is 17.9 Å². The predicted octanol–water partition coefficient (Wildman–Crippen LogP) is 4.47. The van der Waals surface area contributed by atoms with E-state index in [-0.39, 0.29) is 39.6 Å². The van der Waals surface area contributed by atoms with Crippen LogP contribution in [0.5, 0.6) is 11.5 Å². The molecular weight excluding hydrogens is 464 g/mol. The van der Waals surface area contributed by atoms with Crippen LogP contribution in [-0.2, 0) is 0 Å². The van der Waals surface area contributed by atoms with Gasteiger partial charge in [0.05, 0.1) is 16.7 Å². The summed E-state index contributed by atoms with van der Waals surface area (Å²) >= 11 is 0. The Hall–Kier alpha value is -5.31. The molecule has 0 atom stereocenters. The van der Waals surface area contributed by atoms with Crippen molar-refractivity contribution in [3.05, 3.63) is 119 Å². The Morgan fingerprint density at radius 3 is 1.61 bits per heavy atom. The molecule has 0 saturated heterocycles. The second-order valence-corrected chi connectivity index (χ2v) is 7.40. The fraction of sp³-hybridized carbons (Fsp3) is 0. The van der Waals surface area contributed by atoms with Crippen LogP contribution in [0.2, 0.25) is 0 Å². The number of hydrogen-bond donors (Lipinski definition) is 2. The first-order valence-corrected chi connectivity index (χ1v) is 10.6. The molecule has 2 N–H and O–H groups in total. The quantitative estimate of drug-likeness (QED) is 0.291. The van der Waals surface area contributed by atoms with Gasteiger partial charge in [0.15, 0.2) is 0 Å². The van der Waals surface area contributed by atoms with Gasteiger partial charge in [0.25, 0.3) is 5.91 Å². The second kappa shape index (κ2) is 10.7. The maximum atomic E-state index is 12.9. The molecule has 1 aromatic heterocycles. The van der Waals surface area contributed by atoms with Gasteiger partial charge in [-0.15, -0.1) is 0 Å². The van der Waals surface area contributed by atoms with E-state index in [1.807, 2.05) is 0 Å². The van der Waals surface area contributed by atoms with Crippen molar-refractivity contribution in [2.24, 2.45) is 0 Å². The Morgan fingerprint density at radius 1 is 0.639 bits per heavy atom. The molecule has 0 unspecified atom stereocenters. The lowest BCUT2D eigenvalue weighted by Gasteiger charge is -2.11. The SMILES string of the molecule is O=C(O)c1ccc(NC(=O)c2cc(OC(=O)c3ccccc3)cc(OC(=O)c3ccccc3)c2)nc1. The van der Waals surface area contributed by atoms with Crippen LogP contribution in [0.4, 0.5) is 5.82 Å². The summed E-state index contributed by atoms with van der Waals surface area (Å²) in [4.78, 5) is 52.9. The highest BCUT2D eigenvalue weighted by atomic mass is 16.5. The number of pyridine rings is 1. The van der Waals surface area contributed by atoms with Gasteiger partial charge in [0.2, 0.25) is 0 Å². The third-order valence-corrected chi connectivity index (χ3v) is 4.83. The maximum Gasteiger partial charge on any atom is 0.343 e. The summed E-state index contributed by atoms with van der Waals surface area (Å²) in [5.74, 6) is -3.10. The van der Waals surface area contributed by atoms with Gasteiger partial charge in [-0.2, -0.15) is 0 Å². The molecule has 4 aromatic rings. The standard InChI is InChI=1S/C27H18N2O7/c30-24(29-23-12-11-19(16-28-23)25(31)32)20-13-21(35-26(33)17-7-3-1-4-8-17)15-22(14-20)36-27(34)18-9-5-2-6-10-18/h1-16H,(H,31,32)(H,28,29,30). The number of benzene rings is 3. The minimum Gasteiger partial charge on any atom is -0.478 e. The first kappa shape index (κ1) is 23.8. The third kappa shape index (κ3) is 5.97. The number of rotatable bonds is 7. The smallest absolute Gasteiger partial charge is 0.343 e. The maximum absolute atomic E-state index is 12.9.